The molecular weight excluding hydrogens is 164 g/mol. The number of rotatable bonds is 5. The highest BCUT2D eigenvalue weighted by atomic mass is 16.3. The lowest BCUT2D eigenvalue weighted by Crippen LogP contribution is -2.13. The van der Waals surface area contributed by atoms with Crippen molar-refractivity contribution in [1.29, 1.82) is 0 Å². The van der Waals surface area contributed by atoms with Crippen molar-refractivity contribution in [1.82, 2.24) is 10.3 Å². The summed E-state index contributed by atoms with van der Waals surface area (Å²) in [6.07, 6.45) is 2.51. The molecule has 0 radical (unpaired) electrons. The minimum absolute atomic E-state index is 0.619. The van der Waals surface area contributed by atoms with Crippen LogP contribution in [0.2, 0.25) is 0 Å². The molecule has 0 aliphatic carbocycles. The summed E-state index contributed by atoms with van der Waals surface area (Å²) in [5.41, 5.74) is 1.05. The van der Waals surface area contributed by atoms with E-state index in [1.54, 1.807) is 0 Å². The Kier molecular flexibility index (Phi) is 3.96. The first kappa shape index (κ1) is 10.3. The van der Waals surface area contributed by atoms with Crippen LogP contribution in [0, 0.1) is 5.92 Å². The molecule has 0 amide bonds. The topological polar surface area (TPSA) is 38.1 Å². The van der Waals surface area contributed by atoms with E-state index in [1.807, 2.05) is 0 Å². The second-order valence-corrected chi connectivity index (χ2v) is 3.60. The van der Waals surface area contributed by atoms with Crippen molar-refractivity contribution >= 4 is 0 Å². The lowest BCUT2D eigenvalue weighted by Gasteiger charge is -2.03. The maximum Gasteiger partial charge on any atom is 0.181 e. The molecule has 0 spiro atoms. The molecule has 1 heterocycles. The molecule has 0 saturated carbocycles. The van der Waals surface area contributed by atoms with Crippen LogP contribution in [0.5, 0.6) is 0 Å². The fourth-order valence-corrected chi connectivity index (χ4v) is 1.22. The van der Waals surface area contributed by atoms with Gasteiger partial charge in [0.1, 0.15) is 5.76 Å². The zero-order valence-corrected chi connectivity index (χ0v) is 8.63. The van der Waals surface area contributed by atoms with Crippen LogP contribution in [-0.2, 0) is 13.0 Å². The summed E-state index contributed by atoms with van der Waals surface area (Å²) in [6, 6.07) is 0. The minimum atomic E-state index is 0.619. The summed E-state index contributed by atoms with van der Waals surface area (Å²) in [4.78, 5) is 4.18. The van der Waals surface area contributed by atoms with E-state index in [0.29, 0.717) is 5.92 Å². The van der Waals surface area contributed by atoms with Crippen LogP contribution < -0.4 is 5.32 Å². The lowest BCUT2D eigenvalue weighted by atomic mass is 10.1. The molecule has 0 unspecified atom stereocenters. The molecule has 0 atom stereocenters. The smallest absolute Gasteiger partial charge is 0.181 e. The summed E-state index contributed by atoms with van der Waals surface area (Å²) < 4.78 is 5.32. The van der Waals surface area contributed by atoms with Gasteiger partial charge in [-0.25, -0.2) is 4.98 Å². The first-order chi connectivity index (χ1) is 6.24. The first-order valence-electron chi connectivity index (χ1n) is 4.86. The summed E-state index contributed by atoms with van der Waals surface area (Å²) in [5, 5.41) is 3.24. The normalized spacial score (nSPS) is 11.1. The van der Waals surface area contributed by atoms with E-state index >= 15 is 0 Å². The quantitative estimate of drug-likeness (QED) is 0.756. The third-order valence-corrected chi connectivity index (χ3v) is 1.86. The SMILES string of the molecule is CCNCc1ncoc1CC(C)C. The van der Waals surface area contributed by atoms with Crippen molar-refractivity contribution in [3.8, 4) is 0 Å². The highest BCUT2D eigenvalue weighted by Crippen LogP contribution is 2.12. The van der Waals surface area contributed by atoms with Gasteiger partial charge in [0.15, 0.2) is 6.39 Å². The number of nitrogens with one attached hydrogen (secondary N) is 1. The molecule has 1 N–H and O–H groups in total. The van der Waals surface area contributed by atoms with Crippen LogP contribution in [0.1, 0.15) is 32.2 Å². The Morgan fingerprint density at radius 2 is 2.31 bits per heavy atom. The fourth-order valence-electron chi connectivity index (χ4n) is 1.22. The maximum atomic E-state index is 5.32. The van der Waals surface area contributed by atoms with Gasteiger partial charge in [0.05, 0.1) is 5.69 Å². The van der Waals surface area contributed by atoms with Crippen molar-refractivity contribution in [2.24, 2.45) is 5.92 Å². The molecule has 3 nitrogen and oxygen atoms in total. The molecule has 0 bridgehead atoms. The van der Waals surface area contributed by atoms with Crippen molar-refractivity contribution in [2.45, 2.75) is 33.7 Å². The van der Waals surface area contributed by atoms with E-state index in [1.165, 1.54) is 6.39 Å². The van der Waals surface area contributed by atoms with Crippen LogP contribution in [-0.4, -0.2) is 11.5 Å². The molecule has 1 rings (SSSR count). The largest absolute Gasteiger partial charge is 0.448 e. The lowest BCUT2D eigenvalue weighted by molar-refractivity contribution is 0.464. The maximum absolute atomic E-state index is 5.32. The molecular formula is C10H18N2O. The number of nitrogens with zero attached hydrogens (tertiary/aromatic N) is 1. The van der Waals surface area contributed by atoms with E-state index in [-0.39, 0.29) is 0 Å². The molecule has 74 valence electrons. The molecule has 3 heteroatoms. The van der Waals surface area contributed by atoms with Gasteiger partial charge in [-0.3, -0.25) is 0 Å². The second kappa shape index (κ2) is 5.02. The molecule has 0 aliphatic rings. The van der Waals surface area contributed by atoms with Crippen molar-refractivity contribution < 1.29 is 4.42 Å². The van der Waals surface area contributed by atoms with Gasteiger partial charge in [-0.2, -0.15) is 0 Å². The predicted octanol–water partition coefficient (Wildman–Crippen LogP) is 1.98. The van der Waals surface area contributed by atoms with Gasteiger partial charge in [0, 0.05) is 13.0 Å². The summed E-state index contributed by atoms with van der Waals surface area (Å²) in [5.74, 6) is 1.64. The average molecular weight is 182 g/mol. The van der Waals surface area contributed by atoms with Crippen molar-refractivity contribution in [2.75, 3.05) is 6.54 Å². The van der Waals surface area contributed by atoms with Gasteiger partial charge in [0.2, 0.25) is 0 Å². The Hall–Kier alpha value is -0.830. The van der Waals surface area contributed by atoms with Gasteiger partial charge in [-0.1, -0.05) is 20.8 Å². The monoisotopic (exact) mass is 182 g/mol. The predicted molar refractivity (Wildman–Crippen MR) is 52.4 cm³/mol. The third kappa shape index (κ3) is 3.19. The zero-order valence-electron chi connectivity index (χ0n) is 8.63. The van der Waals surface area contributed by atoms with Gasteiger partial charge in [-0.15, -0.1) is 0 Å². The second-order valence-electron chi connectivity index (χ2n) is 3.60. The minimum Gasteiger partial charge on any atom is -0.448 e. The van der Waals surface area contributed by atoms with Crippen molar-refractivity contribution in [3.63, 3.8) is 0 Å². The first-order valence-corrected chi connectivity index (χ1v) is 4.86. The molecule has 1 aromatic rings. The molecule has 0 aliphatic heterocycles. The zero-order chi connectivity index (χ0) is 9.68. The van der Waals surface area contributed by atoms with E-state index in [2.05, 4.69) is 31.1 Å². The number of hydrogen-bond donors (Lipinski definition) is 1. The van der Waals surface area contributed by atoms with Gasteiger partial charge >= 0.3 is 0 Å². The standard InChI is InChI=1S/C10H18N2O/c1-4-11-6-9-10(5-8(2)3)13-7-12-9/h7-8,11H,4-6H2,1-3H3. The van der Waals surface area contributed by atoms with E-state index in [4.69, 9.17) is 4.42 Å². The van der Waals surface area contributed by atoms with Crippen molar-refractivity contribution in [3.05, 3.63) is 17.8 Å². The highest BCUT2D eigenvalue weighted by molar-refractivity contribution is 5.07. The van der Waals surface area contributed by atoms with Gasteiger partial charge in [-0.05, 0) is 12.5 Å². The van der Waals surface area contributed by atoms with Gasteiger partial charge in [0.25, 0.3) is 0 Å². The average Bonchev–Trinajstić information content (AvgIpc) is 2.48. The molecule has 0 fully saturated rings. The Labute approximate surface area is 79.5 Å². The molecule has 13 heavy (non-hydrogen) atoms. The van der Waals surface area contributed by atoms with Crippen LogP contribution in [0.25, 0.3) is 0 Å². The third-order valence-electron chi connectivity index (χ3n) is 1.86. The Bertz CT molecular complexity index is 243. The molecule has 0 aromatic carbocycles. The summed E-state index contributed by atoms with van der Waals surface area (Å²) in [7, 11) is 0. The Morgan fingerprint density at radius 3 is 2.92 bits per heavy atom. The molecule has 0 saturated heterocycles. The van der Waals surface area contributed by atoms with E-state index < -0.39 is 0 Å². The Balaban J connectivity index is 2.55. The Morgan fingerprint density at radius 1 is 1.54 bits per heavy atom. The number of hydrogen-bond acceptors (Lipinski definition) is 3. The van der Waals surface area contributed by atoms with E-state index in [9.17, 15) is 0 Å². The summed E-state index contributed by atoms with van der Waals surface area (Å²) >= 11 is 0. The van der Waals surface area contributed by atoms with Crippen LogP contribution in [0.4, 0.5) is 0 Å². The van der Waals surface area contributed by atoms with E-state index in [0.717, 1.165) is 31.0 Å². The molecule has 1 aromatic heterocycles. The van der Waals surface area contributed by atoms with Crippen LogP contribution in [0.15, 0.2) is 10.8 Å². The fraction of sp³-hybridized carbons (Fsp3) is 0.700. The summed E-state index contributed by atoms with van der Waals surface area (Å²) in [6.45, 7) is 8.23. The van der Waals surface area contributed by atoms with Crippen LogP contribution >= 0.6 is 0 Å². The van der Waals surface area contributed by atoms with Crippen LogP contribution in [0.3, 0.4) is 0 Å². The van der Waals surface area contributed by atoms with Gasteiger partial charge < -0.3 is 9.73 Å². The number of oxazole rings is 1. The highest BCUT2D eigenvalue weighted by Gasteiger charge is 2.08. The number of aromatic nitrogens is 1.